The van der Waals surface area contributed by atoms with Gasteiger partial charge in [0.2, 0.25) is 0 Å². The average Bonchev–Trinajstić information content (AvgIpc) is 3.20. The van der Waals surface area contributed by atoms with Crippen molar-refractivity contribution in [2.75, 3.05) is 32.7 Å². The van der Waals surface area contributed by atoms with Crippen molar-refractivity contribution in [2.24, 2.45) is 5.92 Å². The molecule has 2 heterocycles. The number of hydrogen-bond acceptors (Lipinski definition) is 4. The fraction of sp³-hybridized carbons (Fsp3) is 0.524. The number of thiazole rings is 1. The molecule has 2 aliphatic rings. The first-order chi connectivity index (χ1) is 12.8. The molecular formula is C21H27N3OS. The standard InChI is InChI=1S/C21H27N3OS/c25-21(19-15-22-20(26-19)18-9-5-2-6-10-18)24-13-11-23(12-14-24)16-17-7-3-1-4-8-17/h2,5-6,9-10,15,17H,1,3-4,7-8,11-14,16H2. The molecule has 0 bridgehead atoms. The number of amides is 1. The van der Waals surface area contributed by atoms with Crippen LogP contribution in [0.15, 0.2) is 36.5 Å². The number of benzene rings is 1. The summed E-state index contributed by atoms with van der Waals surface area (Å²) in [6, 6.07) is 10.1. The fourth-order valence-corrected chi connectivity index (χ4v) is 5.00. The lowest BCUT2D eigenvalue weighted by Gasteiger charge is -2.37. The largest absolute Gasteiger partial charge is 0.335 e. The van der Waals surface area contributed by atoms with E-state index in [-0.39, 0.29) is 5.91 Å². The Morgan fingerprint density at radius 3 is 2.50 bits per heavy atom. The molecule has 1 amide bonds. The number of carbonyl (C=O) groups is 1. The molecule has 1 saturated carbocycles. The third-order valence-electron chi connectivity index (χ3n) is 5.64. The van der Waals surface area contributed by atoms with Crippen molar-refractivity contribution >= 4 is 17.2 Å². The maximum atomic E-state index is 12.8. The molecule has 0 unspecified atom stereocenters. The Morgan fingerprint density at radius 2 is 1.77 bits per heavy atom. The number of nitrogens with zero attached hydrogens (tertiary/aromatic N) is 3. The van der Waals surface area contributed by atoms with E-state index < -0.39 is 0 Å². The maximum absolute atomic E-state index is 12.8. The van der Waals surface area contributed by atoms with E-state index in [1.807, 2.05) is 35.2 Å². The van der Waals surface area contributed by atoms with E-state index in [1.165, 1.54) is 50.0 Å². The predicted octanol–water partition coefficient (Wildman–Crippen LogP) is 4.15. The van der Waals surface area contributed by atoms with Crippen LogP contribution < -0.4 is 0 Å². The van der Waals surface area contributed by atoms with E-state index in [1.54, 1.807) is 6.20 Å². The molecule has 138 valence electrons. The number of aromatic nitrogens is 1. The topological polar surface area (TPSA) is 36.4 Å². The minimum Gasteiger partial charge on any atom is -0.335 e. The van der Waals surface area contributed by atoms with E-state index in [0.29, 0.717) is 0 Å². The number of carbonyl (C=O) groups excluding carboxylic acids is 1. The Balaban J connectivity index is 1.31. The Morgan fingerprint density at radius 1 is 1.04 bits per heavy atom. The summed E-state index contributed by atoms with van der Waals surface area (Å²) >= 11 is 1.50. The van der Waals surface area contributed by atoms with Gasteiger partial charge in [0.1, 0.15) is 9.88 Å². The minimum absolute atomic E-state index is 0.141. The second kappa shape index (κ2) is 8.31. The molecule has 1 aromatic heterocycles. The van der Waals surface area contributed by atoms with Gasteiger partial charge < -0.3 is 4.90 Å². The second-order valence-corrected chi connectivity index (χ2v) is 8.52. The average molecular weight is 370 g/mol. The summed E-state index contributed by atoms with van der Waals surface area (Å²) in [5.41, 5.74) is 1.08. The van der Waals surface area contributed by atoms with Gasteiger partial charge in [-0.05, 0) is 18.8 Å². The van der Waals surface area contributed by atoms with Gasteiger partial charge in [0.05, 0.1) is 6.20 Å². The van der Waals surface area contributed by atoms with E-state index >= 15 is 0 Å². The van der Waals surface area contributed by atoms with Crippen LogP contribution >= 0.6 is 11.3 Å². The van der Waals surface area contributed by atoms with Crippen LogP contribution in [0.5, 0.6) is 0 Å². The monoisotopic (exact) mass is 369 g/mol. The zero-order valence-corrected chi connectivity index (χ0v) is 16.1. The maximum Gasteiger partial charge on any atom is 0.265 e. The number of piperazine rings is 1. The van der Waals surface area contributed by atoms with E-state index in [4.69, 9.17) is 0 Å². The molecule has 1 saturated heterocycles. The lowest BCUT2D eigenvalue weighted by molar-refractivity contribution is 0.0610. The summed E-state index contributed by atoms with van der Waals surface area (Å²) in [5.74, 6) is 1.02. The van der Waals surface area contributed by atoms with Crippen LogP contribution in [0.4, 0.5) is 0 Å². The normalized spacial score (nSPS) is 19.6. The van der Waals surface area contributed by atoms with Crippen molar-refractivity contribution in [3.8, 4) is 10.6 Å². The van der Waals surface area contributed by atoms with Crippen molar-refractivity contribution in [3.05, 3.63) is 41.4 Å². The molecule has 5 heteroatoms. The zero-order valence-electron chi connectivity index (χ0n) is 15.3. The highest BCUT2D eigenvalue weighted by atomic mass is 32.1. The Bertz CT molecular complexity index is 716. The molecule has 4 rings (SSSR count). The van der Waals surface area contributed by atoms with Crippen molar-refractivity contribution in [2.45, 2.75) is 32.1 Å². The predicted molar refractivity (Wildman–Crippen MR) is 106 cm³/mol. The van der Waals surface area contributed by atoms with E-state index in [9.17, 15) is 4.79 Å². The van der Waals surface area contributed by atoms with Crippen LogP contribution in [-0.4, -0.2) is 53.4 Å². The molecule has 0 spiro atoms. The van der Waals surface area contributed by atoms with Gasteiger partial charge in [0, 0.05) is 38.3 Å². The first-order valence-electron chi connectivity index (χ1n) is 9.82. The summed E-state index contributed by atoms with van der Waals surface area (Å²) in [6.07, 6.45) is 8.74. The highest BCUT2D eigenvalue weighted by Crippen LogP contribution is 2.27. The fourth-order valence-electron chi connectivity index (χ4n) is 4.11. The Kier molecular flexibility index (Phi) is 5.65. The molecule has 1 aromatic carbocycles. The van der Waals surface area contributed by atoms with Gasteiger partial charge in [0.25, 0.3) is 5.91 Å². The summed E-state index contributed by atoms with van der Waals surface area (Å²) in [5, 5.41) is 0.921. The van der Waals surface area contributed by atoms with Crippen LogP contribution in [0.3, 0.4) is 0 Å². The zero-order chi connectivity index (χ0) is 17.8. The molecule has 26 heavy (non-hydrogen) atoms. The molecule has 0 radical (unpaired) electrons. The molecule has 1 aliphatic heterocycles. The summed E-state index contributed by atoms with van der Waals surface area (Å²) in [4.78, 5) is 22.6. The van der Waals surface area contributed by atoms with E-state index in [2.05, 4.69) is 9.88 Å². The van der Waals surface area contributed by atoms with Gasteiger partial charge in [-0.15, -0.1) is 11.3 Å². The summed E-state index contributed by atoms with van der Waals surface area (Å²) in [6.45, 7) is 4.91. The van der Waals surface area contributed by atoms with Crippen LogP contribution in [0.1, 0.15) is 41.8 Å². The van der Waals surface area contributed by atoms with Crippen molar-refractivity contribution in [1.82, 2.24) is 14.8 Å². The third-order valence-corrected chi connectivity index (χ3v) is 6.67. The van der Waals surface area contributed by atoms with Crippen LogP contribution in [0.25, 0.3) is 10.6 Å². The van der Waals surface area contributed by atoms with Crippen LogP contribution in [0.2, 0.25) is 0 Å². The third kappa shape index (κ3) is 4.15. The lowest BCUT2D eigenvalue weighted by Crippen LogP contribution is -2.49. The SMILES string of the molecule is O=C(c1cnc(-c2ccccc2)s1)N1CCN(CC2CCCCC2)CC1. The first-order valence-corrected chi connectivity index (χ1v) is 10.6. The lowest BCUT2D eigenvalue weighted by atomic mass is 9.89. The smallest absolute Gasteiger partial charge is 0.265 e. The van der Waals surface area contributed by atoms with Crippen molar-refractivity contribution in [3.63, 3.8) is 0 Å². The summed E-state index contributed by atoms with van der Waals surface area (Å²) < 4.78 is 0. The van der Waals surface area contributed by atoms with Gasteiger partial charge in [0.15, 0.2) is 0 Å². The minimum atomic E-state index is 0.141. The quantitative estimate of drug-likeness (QED) is 0.812. The van der Waals surface area contributed by atoms with Gasteiger partial charge in [-0.3, -0.25) is 9.69 Å². The van der Waals surface area contributed by atoms with Gasteiger partial charge in [-0.1, -0.05) is 49.6 Å². The van der Waals surface area contributed by atoms with Gasteiger partial charge in [-0.25, -0.2) is 4.98 Å². The highest BCUT2D eigenvalue weighted by Gasteiger charge is 2.25. The molecule has 0 atom stereocenters. The van der Waals surface area contributed by atoms with Crippen LogP contribution in [0, 0.1) is 5.92 Å². The highest BCUT2D eigenvalue weighted by molar-refractivity contribution is 7.16. The Hall–Kier alpha value is -1.72. The molecular weight excluding hydrogens is 342 g/mol. The van der Waals surface area contributed by atoms with Gasteiger partial charge in [-0.2, -0.15) is 0 Å². The molecule has 1 aliphatic carbocycles. The van der Waals surface area contributed by atoms with E-state index in [0.717, 1.165) is 47.5 Å². The van der Waals surface area contributed by atoms with Crippen LogP contribution in [-0.2, 0) is 0 Å². The van der Waals surface area contributed by atoms with Gasteiger partial charge >= 0.3 is 0 Å². The van der Waals surface area contributed by atoms with Crippen molar-refractivity contribution in [1.29, 1.82) is 0 Å². The number of hydrogen-bond donors (Lipinski definition) is 0. The molecule has 4 nitrogen and oxygen atoms in total. The Labute approximate surface area is 159 Å². The second-order valence-electron chi connectivity index (χ2n) is 7.49. The number of rotatable bonds is 4. The molecule has 2 fully saturated rings. The molecule has 0 N–H and O–H groups in total. The molecule has 2 aromatic rings. The first kappa shape index (κ1) is 17.7. The van der Waals surface area contributed by atoms with Crippen molar-refractivity contribution < 1.29 is 4.79 Å². The summed E-state index contributed by atoms with van der Waals surface area (Å²) in [7, 11) is 0.